The maximum absolute atomic E-state index is 12.2. The van der Waals surface area contributed by atoms with E-state index in [0.29, 0.717) is 5.13 Å². The Balaban J connectivity index is 1.81. The number of benzene rings is 1. The summed E-state index contributed by atoms with van der Waals surface area (Å²) in [5.74, 6) is 0.901. The van der Waals surface area contributed by atoms with Crippen molar-refractivity contribution in [3.8, 4) is 0 Å². The molecule has 0 fully saturated rings. The van der Waals surface area contributed by atoms with Crippen LogP contribution >= 0.6 is 23.1 Å². The average Bonchev–Trinajstić information content (AvgIpc) is 2.96. The van der Waals surface area contributed by atoms with E-state index in [1.165, 1.54) is 23.1 Å². The molecule has 0 atom stereocenters. The number of hydrogen-bond donors (Lipinski definition) is 1. The standard InChI is InChI=1S/C17H19N5OS2/c1-10-21-22-16(25-10)19-13(23)9-24-14-11-7-5-6-8-12(11)18-15(20-14)17(2,3)4/h5-8H,9H2,1-4H3,(H,19,22,23). The Morgan fingerprint density at radius 3 is 2.64 bits per heavy atom. The van der Waals surface area contributed by atoms with E-state index in [1.807, 2.05) is 31.2 Å². The smallest absolute Gasteiger partial charge is 0.236 e. The van der Waals surface area contributed by atoms with Crippen molar-refractivity contribution < 1.29 is 4.79 Å². The largest absolute Gasteiger partial charge is 0.300 e. The van der Waals surface area contributed by atoms with Crippen LogP contribution in [0.5, 0.6) is 0 Å². The van der Waals surface area contributed by atoms with Crippen molar-refractivity contribution in [1.29, 1.82) is 0 Å². The number of aromatic nitrogens is 4. The van der Waals surface area contributed by atoms with Crippen molar-refractivity contribution in [2.75, 3.05) is 11.1 Å². The summed E-state index contributed by atoms with van der Waals surface area (Å²) in [5, 5.41) is 13.7. The molecule has 25 heavy (non-hydrogen) atoms. The number of carbonyl (C=O) groups excluding carboxylic acids is 1. The number of para-hydroxylation sites is 1. The summed E-state index contributed by atoms with van der Waals surface area (Å²) in [6.45, 7) is 8.09. The summed E-state index contributed by atoms with van der Waals surface area (Å²) in [5.41, 5.74) is 0.733. The van der Waals surface area contributed by atoms with Gasteiger partial charge in [0.2, 0.25) is 11.0 Å². The molecule has 0 saturated heterocycles. The molecule has 0 aliphatic carbocycles. The molecule has 8 heteroatoms. The molecule has 0 spiro atoms. The van der Waals surface area contributed by atoms with Gasteiger partial charge in [0, 0.05) is 10.8 Å². The molecule has 3 rings (SSSR count). The number of rotatable bonds is 4. The summed E-state index contributed by atoms with van der Waals surface area (Å²) in [4.78, 5) is 21.5. The Hall–Kier alpha value is -2.06. The highest BCUT2D eigenvalue weighted by atomic mass is 32.2. The molecule has 1 amide bonds. The second-order valence-corrected chi connectivity index (χ2v) is 8.73. The lowest BCUT2D eigenvalue weighted by atomic mass is 9.95. The Bertz CT molecular complexity index is 917. The van der Waals surface area contributed by atoms with Crippen LogP contribution < -0.4 is 5.32 Å². The first-order valence-electron chi connectivity index (χ1n) is 7.83. The molecule has 130 valence electrons. The van der Waals surface area contributed by atoms with E-state index in [-0.39, 0.29) is 17.1 Å². The van der Waals surface area contributed by atoms with Gasteiger partial charge in [0.1, 0.15) is 15.9 Å². The zero-order valence-electron chi connectivity index (χ0n) is 14.5. The molecule has 0 saturated carbocycles. The molecular formula is C17H19N5OS2. The molecule has 0 unspecified atom stereocenters. The first-order valence-corrected chi connectivity index (χ1v) is 9.63. The molecule has 6 nitrogen and oxygen atoms in total. The van der Waals surface area contributed by atoms with Gasteiger partial charge in [0.25, 0.3) is 0 Å². The lowest BCUT2D eigenvalue weighted by Crippen LogP contribution is -2.17. The molecule has 2 aromatic heterocycles. The van der Waals surface area contributed by atoms with Crippen LogP contribution in [-0.4, -0.2) is 31.8 Å². The third kappa shape index (κ3) is 4.32. The van der Waals surface area contributed by atoms with Crippen molar-refractivity contribution >= 4 is 45.0 Å². The van der Waals surface area contributed by atoms with Gasteiger partial charge in [-0.3, -0.25) is 10.1 Å². The maximum Gasteiger partial charge on any atom is 0.236 e. The number of amides is 1. The molecule has 0 aliphatic heterocycles. The minimum Gasteiger partial charge on any atom is -0.300 e. The fourth-order valence-electron chi connectivity index (χ4n) is 2.13. The van der Waals surface area contributed by atoms with Crippen LogP contribution in [0.1, 0.15) is 31.6 Å². The van der Waals surface area contributed by atoms with E-state index in [2.05, 4.69) is 41.3 Å². The summed E-state index contributed by atoms with van der Waals surface area (Å²) in [7, 11) is 0. The molecule has 0 bridgehead atoms. The number of nitrogens with zero attached hydrogens (tertiary/aromatic N) is 4. The zero-order valence-corrected chi connectivity index (χ0v) is 16.2. The number of carbonyl (C=O) groups is 1. The highest BCUT2D eigenvalue weighted by Crippen LogP contribution is 2.29. The van der Waals surface area contributed by atoms with Gasteiger partial charge in [0.05, 0.1) is 11.3 Å². The molecule has 0 aliphatic rings. The first kappa shape index (κ1) is 17.8. The van der Waals surface area contributed by atoms with Crippen LogP contribution in [0.25, 0.3) is 10.9 Å². The molecule has 1 N–H and O–H groups in total. The van der Waals surface area contributed by atoms with Gasteiger partial charge in [-0.25, -0.2) is 9.97 Å². The van der Waals surface area contributed by atoms with Gasteiger partial charge in [-0.05, 0) is 13.0 Å². The third-order valence-corrected chi connectivity index (χ3v) is 5.10. The predicted octanol–water partition coefficient (Wildman–Crippen LogP) is 3.82. The Morgan fingerprint density at radius 1 is 1.20 bits per heavy atom. The number of nitrogens with one attached hydrogen (secondary N) is 1. The van der Waals surface area contributed by atoms with Gasteiger partial charge < -0.3 is 0 Å². The second-order valence-electron chi connectivity index (χ2n) is 6.58. The van der Waals surface area contributed by atoms with Crippen molar-refractivity contribution in [2.45, 2.75) is 38.1 Å². The highest BCUT2D eigenvalue weighted by molar-refractivity contribution is 8.00. The van der Waals surface area contributed by atoms with Gasteiger partial charge in [0.15, 0.2) is 0 Å². The fraction of sp³-hybridized carbons (Fsp3) is 0.353. The molecule has 0 radical (unpaired) electrons. The van der Waals surface area contributed by atoms with Crippen LogP contribution in [-0.2, 0) is 10.2 Å². The first-order chi connectivity index (χ1) is 11.8. The summed E-state index contributed by atoms with van der Waals surface area (Å²) < 4.78 is 0. The van der Waals surface area contributed by atoms with Crippen molar-refractivity contribution in [2.24, 2.45) is 0 Å². The number of fused-ring (bicyclic) bond motifs is 1. The SMILES string of the molecule is Cc1nnc(NC(=O)CSc2nc(C(C)(C)C)nc3ccccc23)s1. The van der Waals surface area contributed by atoms with Gasteiger partial charge in [-0.2, -0.15) is 0 Å². The van der Waals surface area contributed by atoms with E-state index < -0.39 is 0 Å². The molecular weight excluding hydrogens is 354 g/mol. The summed E-state index contributed by atoms with van der Waals surface area (Å²) in [6.07, 6.45) is 0. The fourth-order valence-corrected chi connectivity index (χ4v) is 3.56. The molecule has 1 aromatic carbocycles. The lowest BCUT2D eigenvalue weighted by molar-refractivity contribution is -0.113. The normalized spacial score (nSPS) is 11.7. The zero-order chi connectivity index (χ0) is 18.0. The maximum atomic E-state index is 12.2. The Morgan fingerprint density at radius 2 is 1.96 bits per heavy atom. The number of thioether (sulfide) groups is 1. The van der Waals surface area contributed by atoms with Gasteiger partial charge in [-0.1, -0.05) is 62.1 Å². The quantitative estimate of drug-likeness (QED) is 0.553. The minimum absolute atomic E-state index is 0.124. The highest BCUT2D eigenvalue weighted by Gasteiger charge is 2.20. The van der Waals surface area contributed by atoms with Gasteiger partial charge >= 0.3 is 0 Å². The Kier molecular flexibility index (Phi) is 5.01. The Labute approximate surface area is 154 Å². The second kappa shape index (κ2) is 7.05. The van der Waals surface area contributed by atoms with E-state index in [1.54, 1.807) is 0 Å². The number of aryl methyl sites for hydroxylation is 1. The van der Waals surface area contributed by atoms with Gasteiger partial charge in [-0.15, -0.1) is 10.2 Å². The number of hydrogen-bond acceptors (Lipinski definition) is 7. The molecule has 3 aromatic rings. The van der Waals surface area contributed by atoms with E-state index in [0.717, 1.165) is 26.8 Å². The average molecular weight is 374 g/mol. The van der Waals surface area contributed by atoms with E-state index in [9.17, 15) is 4.79 Å². The van der Waals surface area contributed by atoms with Crippen molar-refractivity contribution in [3.63, 3.8) is 0 Å². The van der Waals surface area contributed by atoms with Crippen LogP contribution in [0.3, 0.4) is 0 Å². The van der Waals surface area contributed by atoms with Crippen molar-refractivity contribution in [1.82, 2.24) is 20.2 Å². The monoisotopic (exact) mass is 373 g/mol. The van der Waals surface area contributed by atoms with Crippen LogP contribution in [0.2, 0.25) is 0 Å². The van der Waals surface area contributed by atoms with E-state index in [4.69, 9.17) is 4.98 Å². The third-order valence-electron chi connectivity index (χ3n) is 3.35. The minimum atomic E-state index is -0.161. The van der Waals surface area contributed by atoms with Crippen LogP contribution in [0.4, 0.5) is 5.13 Å². The van der Waals surface area contributed by atoms with E-state index >= 15 is 0 Å². The van der Waals surface area contributed by atoms with Crippen LogP contribution in [0, 0.1) is 6.92 Å². The molecule has 2 heterocycles. The topological polar surface area (TPSA) is 80.7 Å². The van der Waals surface area contributed by atoms with Crippen LogP contribution in [0.15, 0.2) is 29.3 Å². The summed E-state index contributed by atoms with van der Waals surface area (Å²) >= 11 is 2.76. The van der Waals surface area contributed by atoms with Crippen molar-refractivity contribution in [3.05, 3.63) is 35.1 Å². The lowest BCUT2D eigenvalue weighted by Gasteiger charge is -2.18. The summed E-state index contributed by atoms with van der Waals surface area (Å²) in [6, 6.07) is 7.87. The predicted molar refractivity (Wildman–Crippen MR) is 102 cm³/mol. The number of anilines is 1.